The molecule has 0 bridgehead atoms. The Morgan fingerprint density at radius 2 is 2.08 bits per heavy atom. The van der Waals surface area contributed by atoms with Crippen LogP contribution in [0.25, 0.3) is 10.9 Å². The number of H-pyrrole nitrogens is 1. The summed E-state index contributed by atoms with van der Waals surface area (Å²) in [6.45, 7) is 9.40. The average molecular weight is 355 g/mol. The number of fused-ring (bicyclic) bond motifs is 1. The van der Waals surface area contributed by atoms with Gasteiger partial charge in [0.05, 0.1) is 0 Å². The predicted octanol–water partition coefficient (Wildman–Crippen LogP) is 2.22. The Bertz CT molecular complexity index is 804. The van der Waals surface area contributed by atoms with Gasteiger partial charge >= 0.3 is 0 Å². The van der Waals surface area contributed by atoms with Gasteiger partial charge in [-0.25, -0.2) is 4.99 Å². The molecule has 26 heavy (non-hydrogen) atoms. The van der Waals surface area contributed by atoms with Crippen molar-refractivity contribution in [1.82, 2.24) is 20.5 Å². The molecular weight excluding hydrogens is 326 g/mol. The van der Waals surface area contributed by atoms with Crippen LogP contribution >= 0.6 is 0 Å². The van der Waals surface area contributed by atoms with Gasteiger partial charge in [-0.1, -0.05) is 30.4 Å². The molecule has 1 aromatic heterocycles. The first kappa shape index (κ1) is 19.6. The maximum atomic E-state index is 11.8. The van der Waals surface area contributed by atoms with Gasteiger partial charge in [0, 0.05) is 44.3 Å². The van der Waals surface area contributed by atoms with E-state index < -0.39 is 0 Å². The van der Waals surface area contributed by atoms with Gasteiger partial charge in [-0.3, -0.25) is 4.79 Å². The normalized spacial score (nSPS) is 11.5. The number of aliphatic imine (C=N–C) groups is 1. The molecule has 0 aliphatic heterocycles. The molecule has 0 radical (unpaired) electrons. The van der Waals surface area contributed by atoms with E-state index in [-0.39, 0.29) is 12.5 Å². The third kappa shape index (κ3) is 5.37. The summed E-state index contributed by atoms with van der Waals surface area (Å²) >= 11 is 0. The first-order valence-electron chi connectivity index (χ1n) is 8.80. The number of carbonyl (C=O) groups excluding carboxylic acids is 1. The second-order valence-electron chi connectivity index (χ2n) is 6.75. The fraction of sp³-hybridized carbons (Fsp3) is 0.400. The summed E-state index contributed by atoms with van der Waals surface area (Å²) in [4.78, 5) is 21.0. The maximum Gasteiger partial charge on any atom is 0.243 e. The van der Waals surface area contributed by atoms with E-state index in [9.17, 15) is 4.79 Å². The van der Waals surface area contributed by atoms with Gasteiger partial charge in [-0.2, -0.15) is 0 Å². The van der Waals surface area contributed by atoms with Gasteiger partial charge in [0.2, 0.25) is 5.91 Å². The minimum Gasteiger partial charge on any atom is -0.361 e. The topological polar surface area (TPSA) is 72.5 Å². The Morgan fingerprint density at radius 3 is 2.77 bits per heavy atom. The molecule has 140 valence electrons. The number of guanidine groups is 1. The number of nitrogens with one attached hydrogen (secondary N) is 3. The molecule has 0 fully saturated rings. The van der Waals surface area contributed by atoms with E-state index in [4.69, 9.17) is 0 Å². The fourth-order valence-electron chi connectivity index (χ4n) is 2.58. The zero-order valence-electron chi connectivity index (χ0n) is 16.1. The highest BCUT2D eigenvalue weighted by Gasteiger charge is 2.07. The number of likely N-dealkylation sites (N-methyl/N-ethyl adjacent to an activating group) is 1. The van der Waals surface area contributed by atoms with Crippen molar-refractivity contribution in [2.75, 3.05) is 33.7 Å². The number of rotatable bonds is 7. The largest absolute Gasteiger partial charge is 0.361 e. The molecular formula is C20H29N5O. The Morgan fingerprint density at radius 1 is 1.31 bits per heavy atom. The van der Waals surface area contributed by atoms with Crippen LogP contribution in [0.4, 0.5) is 0 Å². The Kier molecular flexibility index (Phi) is 6.83. The molecule has 0 atom stereocenters. The minimum atomic E-state index is -0.0338. The lowest BCUT2D eigenvalue weighted by molar-refractivity contribution is -0.127. The maximum absolute atomic E-state index is 11.8. The number of carbonyl (C=O) groups is 1. The van der Waals surface area contributed by atoms with Crippen LogP contribution in [-0.4, -0.2) is 55.5 Å². The molecule has 3 N–H and O–H groups in total. The van der Waals surface area contributed by atoms with E-state index in [2.05, 4.69) is 58.5 Å². The number of nitrogens with zero attached hydrogens (tertiary/aromatic N) is 2. The summed E-state index contributed by atoms with van der Waals surface area (Å²) in [7, 11) is 3.45. The zero-order chi connectivity index (χ0) is 19.1. The summed E-state index contributed by atoms with van der Waals surface area (Å²) in [5.41, 5.74) is 4.70. The van der Waals surface area contributed by atoms with Crippen molar-refractivity contribution in [3.8, 4) is 0 Å². The SMILES string of the molecule is C=C(C)CNC(=NCC(=O)N(C)C)NCCc1c[nH]c2c(C)cccc12. The van der Waals surface area contributed by atoms with Crippen LogP contribution in [0.3, 0.4) is 0 Å². The minimum absolute atomic E-state index is 0.0338. The van der Waals surface area contributed by atoms with Crippen molar-refractivity contribution in [2.45, 2.75) is 20.3 Å². The lowest BCUT2D eigenvalue weighted by atomic mass is 10.1. The van der Waals surface area contributed by atoms with Crippen LogP contribution in [0.1, 0.15) is 18.1 Å². The number of amides is 1. The predicted molar refractivity (Wildman–Crippen MR) is 109 cm³/mol. The molecule has 1 aromatic carbocycles. The number of hydrogen-bond acceptors (Lipinski definition) is 2. The summed E-state index contributed by atoms with van der Waals surface area (Å²) < 4.78 is 0. The summed E-state index contributed by atoms with van der Waals surface area (Å²) in [6, 6.07) is 6.32. The number of hydrogen-bond donors (Lipinski definition) is 3. The molecule has 0 unspecified atom stereocenters. The van der Waals surface area contributed by atoms with Crippen LogP contribution in [0.2, 0.25) is 0 Å². The van der Waals surface area contributed by atoms with Crippen molar-refractivity contribution in [1.29, 1.82) is 0 Å². The van der Waals surface area contributed by atoms with Gasteiger partial charge in [-0.15, -0.1) is 0 Å². The number of aromatic nitrogens is 1. The van der Waals surface area contributed by atoms with E-state index in [0.29, 0.717) is 12.5 Å². The van der Waals surface area contributed by atoms with E-state index >= 15 is 0 Å². The molecule has 1 heterocycles. The third-order valence-corrected chi connectivity index (χ3v) is 4.13. The fourth-order valence-corrected chi connectivity index (χ4v) is 2.58. The quantitative estimate of drug-likeness (QED) is 0.405. The highest BCUT2D eigenvalue weighted by molar-refractivity contribution is 5.86. The van der Waals surface area contributed by atoms with Crippen molar-refractivity contribution < 1.29 is 4.79 Å². The monoisotopic (exact) mass is 355 g/mol. The summed E-state index contributed by atoms with van der Waals surface area (Å²) in [6.07, 6.45) is 2.92. The molecule has 0 spiro atoms. The molecule has 2 aromatic rings. The second-order valence-corrected chi connectivity index (χ2v) is 6.75. The van der Waals surface area contributed by atoms with Crippen LogP contribution in [0, 0.1) is 6.92 Å². The van der Waals surface area contributed by atoms with Crippen LogP contribution in [0.15, 0.2) is 41.5 Å². The first-order valence-corrected chi connectivity index (χ1v) is 8.80. The molecule has 2 rings (SSSR count). The van der Waals surface area contributed by atoms with E-state index in [1.54, 1.807) is 14.1 Å². The van der Waals surface area contributed by atoms with Crippen LogP contribution in [-0.2, 0) is 11.2 Å². The highest BCUT2D eigenvalue weighted by atomic mass is 16.2. The lowest BCUT2D eigenvalue weighted by Gasteiger charge is -2.13. The Hall–Kier alpha value is -2.76. The van der Waals surface area contributed by atoms with Crippen molar-refractivity contribution >= 4 is 22.8 Å². The smallest absolute Gasteiger partial charge is 0.243 e. The van der Waals surface area contributed by atoms with Crippen molar-refractivity contribution in [2.24, 2.45) is 4.99 Å². The molecule has 6 heteroatoms. The van der Waals surface area contributed by atoms with E-state index in [0.717, 1.165) is 18.5 Å². The number of benzene rings is 1. The molecule has 0 aliphatic rings. The van der Waals surface area contributed by atoms with Gasteiger partial charge in [0.25, 0.3) is 0 Å². The molecule has 0 saturated heterocycles. The molecule has 1 amide bonds. The van der Waals surface area contributed by atoms with Crippen LogP contribution < -0.4 is 10.6 Å². The van der Waals surface area contributed by atoms with Gasteiger partial charge in [0.1, 0.15) is 6.54 Å². The van der Waals surface area contributed by atoms with Gasteiger partial charge in [0.15, 0.2) is 5.96 Å². The zero-order valence-corrected chi connectivity index (χ0v) is 16.1. The Labute approximate surface area is 155 Å². The van der Waals surface area contributed by atoms with Crippen molar-refractivity contribution in [3.05, 3.63) is 47.7 Å². The summed E-state index contributed by atoms with van der Waals surface area (Å²) in [5.74, 6) is 0.591. The number of para-hydroxylation sites is 1. The molecule has 0 aliphatic carbocycles. The Balaban J connectivity index is 1.98. The number of aromatic amines is 1. The van der Waals surface area contributed by atoms with Gasteiger partial charge < -0.3 is 20.5 Å². The average Bonchev–Trinajstić information content (AvgIpc) is 3.00. The lowest BCUT2D eigenvalue weighted by Crippen LogP contribution is -2.40. The van der Waals surface area contributed by atoms with Crippen molar-refractivity contribution in [3.63, 3.8) is 0 Å². The third-order valence-electron chi connectivity index (χ3n) is 4.13. The molecule has 0 saturated carbocycles. The van der Waals surface area contributed by atoms with E-state index in [1.165, 1.54) is 26.9 Å². The second kappa shape index (κ2) is 9.08. The van der Waals surface area contributed by atoms with Gasteiger partial charge in [-0.05, 0) is 31.4 Å². The summed E-state index contributed by atoms with van der Waals surface area (Å²) in [5, 5.41) is 7.75. The first-order chi connectivity index (χ1) is 12.4. The molecule has 6 nitrogen and oxygen atoms in total. The van der Waals surface area contributed by atoms with Crippen LogP contribution in [0.5, 0.6) is 0 Å². The van der Waals surface area contributed by atoms with E-state index in [1.807, 2.05) is 6.92 Å². The number of aryl methyl sites for hydroxylation is 1. The standard InChI is InChI=1S/C20H29N5O/c1-14(2)11-23-20(24-13-18(26)25(4)5)21-10-9-16-12-22-19-15(3)7-6-8-17(16)19/h6-8,12,22H,1,9-11,13H2,2-5H3,(H2,21,23,24). The highest BCUT2D eigenvalue weighted by Crippen LogP contribution is 2.21.